The normalized spacial score (nSPS) is 29.6. The van der Waals surface area contributed by atoms with E-state index in [9.17, 15) is 24.6 Å². The topological polar surface area (TPSA) is 145 Å². The van der Waals surface area contributed by atoms with Crippen molar-refractivity contribution in [1.29, 1.82) is 0 Å². The van der Waals surface area contributed by atoms with Crippen molar-refractivity contribution in [3.8, 4) is 0 Å². The van der Waals surface area contributed by atoms with Gasteiger partial charge in [0.2, 0.25) is 18.1 Å². The molecule has 0 aromatic carbocycles. The molecular formula is C23H31N5O5S. The number of β-lactam (4-membered cyclic amide) rings is 1. The maximum absolute atomic E-state index is 12.5. The van der Waals surface area contributed by atoms with E-state index in [4.69, 9.17) is 5.73 Å². The van der Waals surface area contributed by atoms with Gasteiger partial charge in [0, 0.05) is 41.2 Å². The molecule has 2 amide bonds. The Morgan fingerprint density at radius 3 is 2.85 bits per heavy atom. The monoisotopic (exact) mass is 489 g/mol. The van der Waals surface area contributed by atoms with Crippen LogP contribution in [-0.2, 0) is 28.0 Å². The first-order valence-corrected chi connectivity index (χ1v) is 12.4. The zero-order valence-electron chi connectivity index (χ0n) is 19.5. The fourth-order valence-electron chi connectivity index (χ4n) is 5.28. The van der Waals surface area contributed by atoms with Gasteiger partial charge in [0.05, 0.1) is 43.3 Å². The van der Waals surface area contributed by atoms with Crippen molar-refractivity contribution in [2.45, 2.75) is 56.7 Å². The number of carboxylic acid groups (broad SMARTS) is 1. The maximum Gasteiger partial charge on any atom is 0.244 e. The molecule has 11 heteroatoms. The van der Waals surface area contributed by atoms with Gasteiger partial charge in [0.1, 0.15) is 6.20 Å². The Morgan fingerprint density at radius 1 is 1.47 bits per heavy atom. The van der Waals surface area contributed by atoms with Gasteiger partial charge in [-0.1, -0.05) is 6.92 Å². The minimum Gasteiger partial charge on any atom is -0.543 e. The molecule has 1 aromatic heterocycles. The van der Waals surface area contributed by atoms with Gasteiger partial charge < -0.3 is 31.0 Å². The summed E-state index contributed by atoms with van der Waals surface area (Å²) >= 11 is 1.52. The largest absolute Gasteiger partial charge is 0.543 e. The molecule has 0 bridgehead atoms. The Hall–Kier alpha value is -2.63. The van der Waals surface area contributed by atoms with Gasteiger partial charge in [-0.3, -0.25) is 9.59 Å². The molecule has 2 saturated heterocycles. The summed E-state index contributed by atoms with van der Waals surface area (Å²) in [7, 11) is 1.90. The van der Waals surface area contributed by atoms with E-state index in [1.165, 1.54) is 22.7 Å². The molecule has 3 aliphatic rings. The van der Waals surface area contributed by atoms with Crippen LogP contribution in [0.15, 0.2) is 29.2 Å². The number of aliphatic hydroxyl groups is 1. The lowest BCUT2D eigenvalue weighted by atomic mass is 9.79. The minimum atomic E-state index is -1.33. The van der Waals surface area contributed by atoms with Crippen molar-refractivity contribution in [3.05, 3.63) is 34.9 Å². The molecular weight excluding hydrogens is 458 g/mol. The number of nitrogens with zero attached hydrogens (tertiary/aromatic N) is 3. The second kappa shape index (κ2) is 9.55. The summed E-state index contributed by atoms with van der Waals surface area (Å²) in [4.78, 5) is 37.3. The molecule has 3 aliphatic heterocycles. The van der Waals surface area contributed by atoms with Gasteiger partial charge in [0.25, 0.3) is 0 Å². The number of aryl methyl sites for hydroxylation is 2. The number of primary amides is 1. The predicted molar refractivity (Wildman–Crippen MR) is 123 cm³/mol. The van der Waals surface area contributed by atoms with Crippen LogP contribution < -0.4 is 20.7 Å². The van der Waals surface area contributed by atoms with Gasteiger partial charge in [-0.05, 0) is 19.4 Å². The Balaban J connectivity index is 1.36. The molecule has 4 rings (SSSR count). The summed E-state index contributed by atoms with van der Waals surface area (Å²) in [5, 5.41) is 25.6. The first-order chi connectivity index (χ1) is 16.1. The average Bonchev–Trinajstić information content (AvgIpc) is 3.41. The van der Waals surface area contributed by atoms with Crippen LogP contribution in [-0.4, -0.2) is 62.3 Å². The molecule has 34 heavy (non-hydrogen) atoms. The molecule has 0 saturated carbocycles. The molecule has 0 aliphatic carbocycles. The number of fused-ring (bicyclic) bond motifs is 1. The van der Waals surface area contributed by atoms with Crippen molar-refractivity contribution < 1.29 is 29.2 Å². The third-order valence-corrected chi connectivity index (χ3v) is 8.47. The molecule has 4 heterocycles. The molecule has 4 N–H and O–H groups in total. The highest BCUT2D eigenvalue weighted by atomic mass is 32.2. The standard InChI is InChI=1S/C23H31N5O5S/c1-12-19-18(13(2)29)22(31)28(19)20(23(32)33)21(12)34-16-8-14(25-9-16)6-7-27-10-15(26(3)11-27)4-5-17(24)30/h4-5,10-14,16,18-19,25,29H,6-9H2,1-3H3,(H2-,24,30,32,33)/t12-,13-,14-,16+,18-,19-/m1/s1. The summed E-state index contributed by atoms with van der Waals surface area (Å²) in [5.74, 6) is -2.88. The third-order valence-electron chi connectivity index (χ3n) is 6.96. The number of aromatic nitrogens is 2. The summed E-state index contributed by atoms with van der Waals surface area (Å²) in [6.07, 6.45) is 7.88. The zero-order chi connectivity index (χ0) is 24.7. The summed E-state index contributed by atoms with van der Waals surface area (Å²) in [6.45, 7) is 5.03. The number of thioether (sulfide) groups is 1. The first kappa shape index (κ1) is 24.5. The highest BCUT2D eigenvalue weighted by molar-refractivity contribution is 8.03. The van der Waals surface area contributed by atoms with Crippen LogP contribution in [0.5, 0.6) is 0 Å². The van der Waals surface area contributed by atoms with Crippen LogP contribution in [0.2, 0.25) is 0 Å². The van der Waals surface area contributed by atoms with Crippen molar-refractivity contribution in [2.24, 2.45) is 24.6 Å². The molecule has 1 aromatic rings. The molecule has 0 unspecified atom stereocenters. The number of carboxylic acids is 1. The number of nitrogens with two attached hydrogens (primary N) is 1. The van der Waals surface area contributed by atoms with E-state index in [1.54, 1.807) is 13.0 Å². The lowest BCUT2D eigenvalue weighted by molar-refractivity contribution is -0.697. The van der Waals surface area contributed by atoms with Crippen molar-refractivity contribution >= 4 is 35.6 Å². The number of carbonyl (C=O) groups is 3. The van der Waals surface area contributed by atoms with Crippen LogP contribution in [0.3, 0.4) is 0 Å². The molecule has 0 radical (unpaired) electrons. The van der Waals surface area contributed by atoms with Crippen molar-refractivity contribution in [2.75, 3.05) is 6.54 Å². The lowest BCUT2D eigenvalue weighted by Gasteiger charge is -2.47. The van der Waals surface area contributed by atoms with E-state index < -0.39 is 23.9 Å². The van der Waals surface area contributed by atoms with Crippen molar-refractivity contribution in [3.63, 3.8) is 0 Å². The quantitative estimate of drug-likeness (QED) is 0.217. The number of carbonyl (C=O) groups excluding carboxylic acids is 3. The molecule has 184 valence electrons. The van der Waals surface area contributed by atoms with Crippen molar-refractivity contribution in [1.82, 2.24) is 14.8 Å². The second-order valence-electron chi connectivity index (χ2n) is 9.38. The van der Waals surface area contributed by atoms with E-state index >= 15 is 0 Å². The fraction of sp³-hybridized carbons (Fsp3) is 0.565. The van der Waals surface area contributed by atoms with Crippen LogP contribution in [0.1, 0.15) is 32.4 Å². The van der Waals surface area contributed by atoms with Crippen LogP contribution in [0.25, 0.3) is 6.08 Å². The van der Waals surface area contributed by atoms with E-state index in [0.29, 0.717) is 4.91 Å². The summed E-state index contributed by atoms with van der Waals surface area (Å²) in [5.41, 5.74) is 6.02. The van der Waals surface area contributed by atoms with Gasteiger partial charge in [0.15, 0.2) is 5.69 Å². The fourth-order valence-corrected chi connectivity index (χ4v) is 6.79. The highest BCUT2D eigenvalue weighted by Crippen LogP contribution is 2.51. The molecule has 0 spiro atoms. The Labute approximate surface area is 202 Å². The van der Waals surface area contributed by atoms with E-state index in [2.05, 4.69) is 9.88 Å². The zero-order valence-corrected chi connectivity index (χ0v) is 20.3. The second-order valence-corrected chi connectivity index (χ2v) is 10.7. The number of aliphatic hydroxyl groups excluding tert-OH is 1. The van der Waals surface area contributed by atoms with Gasteiger partial charge in [-0.15, -0.1) is 11.8 Å². The SMILES string of the molecule is C[C@@H](O)[C@H]1C(=O)N2C(C(=O)[O-])=C(S[C@@H]3CN[C@H](CC[n+]4cc(C=CC(N)=O)n(C)c4)C3)[C@H](C)[C@H]12. The number of rotatable bonds is 9. The lowest BCUT2D eigenvalue weighted by Crippen LogP contribution is -2.64. The average molecular weight is 490 g/mol. The summed E-state index contributed by atoms with van der Waals surface area (Å²) in [6, 6.07) is -0.0391. The third kappa shape index (κ3) is 4.51. The van der Waals surface area contributed by atoms with Gasteiger partial charge in [-0.2, -0.15) is 0 Å². The van der Waals surface area contributed by atoms with Crippen LogP contribution in [0, 0.1) is 11.8 Å². The Morgan fingerprint density at radius 2 is 2.21 bits per heavy atom. The number of hydrogen-bond donors (Lipinski definition) is 3. The number of nitrogens with one attached hydrogen (secondary N) is 1. The Bertz CT molecular complexity index is 1060. The number of amides is 2. The summed E-state index contributed by atoms with van der Waals surface area (Å²) < 4.78 is 3.98. The van der Waals surface area contributed by atoms with E-state index in [1.807, 2.05) is 31.1 Å². The first-order valence-electron chi connectivity index (χ1n) is 11.5. The van der Waals surface area contributed by atoms with Gasteiger partial charge >= 0.3 is 0 Å². The van der Waals surface area contributed by atoms with Gasteiger partial charge in [-0.25, -0.2) is 9.13 Å². The molecule has 2 fully saturated rings. The highest BCUT2D eigenvalue weighted by Gasteiger charge is 2.58. The smallest absolute Gasteiger partial charge is 0.244 e. The number of imidazole rings is 1. The maximum atomic E-state index is 12.5. The molecule has 10 nitrogen and oxygen atoms in total. The number of aliphatic carboxylic acids is 1. The van der Waals surface area contributed by atoms with E-state index in [0.717, 1.165) is 31.6 Å². The minimum absolute atomic E-state index is 0.0239. The Kier molecular flexibility index (Phi) is 6.88. The van der Waals surface area contributed by atoms with E-state index in [-0.39, 0.29) is 34.9 Å². The number of hydrogen-bond acceptors (Lipinski definition) is 7. The molecule has 6 atom stereocenters. The van der Waals surface area contributed by atoms with Crippen LogP contribution >= 0.6 is 11.8 Å². The predicted octanol–water partition coefficient (Wildman–Crippen LogP) is -1.52. The van der Waals surface area contributed by atoms with Crippen LogP contribution in [0.4, 0.5) is 0 Å².